The van der Waals surface area contributed by atoms with Crippen LogP contribution < -0.4 is 9.86 Å². The monoisotopic (exact) mass is 409 g/mol. The number of nitrogens with two attached hydrogens (primary N) is 1. The van der Waals surface area contributed by atoms with Crippen LogP contribution in [-0.4, -0.2) is 41.4 Å². The quantitative estimate of drug-likeness (QED) is 0.665. The molecule has 0 fully saturated rings. The van der Waals surface area contributed by atoms with Crippen molar-refractivity contribution in [3.8, 4) is 0 Å². The van der Waals surface area contributed by atoms with Crippen molar-refractivity contribution in [3.05, 3.63) is 59.7 Å². The predicted molar refractivity (Wildman–Crippen MR) is 103 cm³/mol. The van der Waals surface area contributed by atoms with Gasteiger partial charge < -0.3 is 0 Å². The van der Waals surface area contributed by atoms with Crippen LogP contribution in [0.15, 0.2) is 58.3 Å². The van der Waals surface area contributed by atoms with Crippen molar-refractivity contribution in [3.63, 3.8) is 0 Å². The molecule has 9 heteroatoms. The van der Waals surface area contributed by atoms with Gasteiger partial charge in [-0.2, -0.15) is 0 Å². The van der Waals surface area contributed by atoms with Gasteiger partial charge in [0.25, 0.3) is 0 Å². The fraction of sp³-hybridized carbons (Fsp3) is 0.333. The van der Waals surface area contributed by atoms with Crippen LogP contribution in [0.2, 0.25) is 0 Å². The Kier molecular flexibility index (Phi) is 5.97. The molecule has 0 atom stereocenters. The van der Waals surface area contributed by atoms with Gasteiger partial charge in [0.1, 0.15) is 0 Å². The van der Waals surface area contributed by atoms with Crippen LogP contribution in [0.25, 0.3) is 0 Å². The molecule has 1 aliphatic rings. The molecule has 0 unspecified atom stereocenters. The summed E-state index contributed by atoms with van der Waals surface area (Å²) in [5, 5.41) is 5.06. The van der Waals surface area contributed by atoms with E-state index in [0.29, 0.717) is 6.42 Å². The summed E-state index contributed by atoms with van der Waals surface area (Å²) in [5.41, 5.74) is 2.70. The molecule has 3 rings (SSSR count). The van der Waals surface area contributed by atoms with Crippen LogP contribution in [0.3, 0.4) is 0 Å². The van der Waals surface area contributed by atoms with Crippen molar-refractivity contribution in [1.29, 1.82) is 0 Å². The molecule has 146 valence electrons. The van der Waals surface area contributed by atoms with Gasteiger partial charge in [0.15, 0.2) is 0 Å². The number of fused-ring (bicyclic) bond motifs is 1. The lowest BCUT2D eigenvalue weighted by Crippen LogP contribution is -2.33. The van der Waals surface area contributed by atoms with Crippen molar-refractivity contribution in [2.45, 2.75) is 29.2 Å². The molecule has 0 saturated heterocycles. The summed E-state index contributed by atoms with van der Waals surface area (Å²) in [6.45, 7) is 2.90. The largest absolute Gasteiger partial charge is 0.299 e. The van der Waals surface area contributed by atoms with E-state index >= 15 is 0 Å². The molecule has 27 heavy (non-hydrogen) atoms. The number of hydrogen-bond acceptors (Lipinski definition) is 5. The van der Waals surface area contributed by atoms with Crippen LogP contribution >= 0.6 is 0 Å². The SMILES string of the molecule is NS(=O)(=O)c1cccc(S(=O)(=O)NCCCN2CCc3ccccc3C2)c1. The standard InChI is InChI=1S/C18H23N3O4S2/c19-26(22,23)17-7-3-8-18(13-17)27(24,25)20-10-4-11-21-12-9-15-5-1-2-6-16(15)14-21/h1-3,5-8,13,20H,4,9-12,14H2,(H2,19,22,23). The van der Waals surface area contributed by atoms with Crippen LogP contribution in [0.4, 0.5) is 0 Å². The van der Waals surface area contributed by atoms with Crippen molar-refractivity contribution >= 4 is 20.0 Å². The summed E-state index contributed by atoms with van der Waals surface area (Å²) >= 11 is 0. The van der Waals surface area contributed by atoms with Gasteiger partial charge in [-0.3, -0.25) is 4.90 Å². The van der Waals surface area contributed by atoms with Crippen LogP contribution in [0.5, 0.6) is 0 Å². The first-order chi connectivity index (χ1) is 12.8. The van der Waals surface area contributed by atoms with Gasteiger partial charge in [-0.1, -0.05) is 30.3 Å². The van der Waals surface area contributed by atoms with Crippen molar-refractivity contribution in [2.24, 2.45) is 5.14 Å². The van der Waals surface area contributed by atoms with Crippen molar-refractivity contribution in [1.82, 2.24) is 9.62 Å². The topological polar surface area (TPSA) is 110 Å². The van der Waals surface area contributed by atoms with E-state index in [9.17, 15) is 16.8 Å². The Labute approximate surface area is 160 Å². The molecule has 0 radical (unpaired) electrons. The van der Waals surface area contributed by atoms with Crippen LogP contribution in [0, 0.1) is 0 Å². The zero-order valence-electron chi connectivity index (χ0n) is 14.8. The second-order valence-electron chi connectivity index (χ2n) is 6.57. The number of benzene rings is 2. The average Bonchev–Trinajstić information content (AvgIpc) is 2.64. The third-order valence-electron chi connectivity index (χ3n) is 4.60. The molecular formula is C18H23N3O4S2. The Bertz CT molecular complexity index is 1020. The molecule has 1 aliphatic heterocycles. The predicted octanol–water partition coefficient (Wildman–Crippen LogP) is 1.06. The summed E-state index contributed by atoms with van der Waals surface area (Å²) in [6.07, 6.45) is 1.67. The van der Waals surface area contributed by atoms with Crippen molar-refractivity contribution in [2.75, 3.05) is 19.6 Å². The number of hydrogen-bond donors (Lipinski definition) is 2. The molecule has 0 saturated carbocycles. The maximum Gasteiger partial charge on any atom is 0.240 e. The van der Waals surface area contributed by atoms with Gasteiger partial charge in [-0.05, 0) is 48.7 Å². The zero-order valence-corrected chi connectivity index (χ0v) is 16.5. The van der Waals surface area contributed by atoms with Gasteiger partial charge in [0, 0.05) is 19.6 Å². The summed E-state index contributed by atoms with van der Waals surface area (Å²) < 4.78 is 50.0. The minimum atomic E-state index is -3.95. The molecule has 1 heterocycles. The molecule has 2 aromatic carbocycles. The second kappa shape index (κ2) is 8.07. The molecule has 3 N–H and O–H groups in total. The van der Waals surface area contributed by atoms with Gasteiger partial charge in [0.05, 0.1) is 9.79 Å². The molecule has 0 aromatic heterocycles. The van der Waals surface area contributed by atoms with E-state index in [1.807, 2.05) is 12.1 Å². The Morgan fingerprint density at radius 2 is 1.67 bits per heavy atom. The van der Waals surface area contributed by atoms with Crippen molar-refractivity contribution < 1.29 is 16.8 Å². The lowest BCUT2D eigenvalue weighted by molar-refractivity contribution is 0.251. The smallest absolute Gasteiger partial charge is 0.240 e. The molecule has 0 bridgehead atoms. The van der Waals surface area contributed by atoms with Gasteiger partial charge >= 0.3 is 0 Å². The Hall–Kier alpha value is -1.78. The summed E-state index contributed by atoms with van der Waals surface area (Å²) in [4.78, 5) is 1.97. The Balaban J connectivity index is 1.53. The van der Waals surface area contributed by atoms with E-state index in [-0.39, 0.29) is 16.3 Å². The first kappa shape index (κ1) is 20.0. The van der Waals surface area contributed by atoms with E-state index in [1.54, 1.807) is 0 Å². The Morgan fingerprint density at radius 3 is 2.41 bits per heavy atom. The molecule has 7 nitrogen and oxygen atoms in total. The second-order valence-corrected chi connectivity index (χ2v) is 9.89. The minimum Gasteiger partial charge on any atom is -0.299 e. The summed E-state index contributed by atoms with van der Waals surface area (Å²) in [6, 6.07) is 13.4. The molecule has 2 aromatic rings. The van der Waals surface area contributed by atoms with E-state index in [2.05, 4.69) is 21.8 Å². The van der Waals surface area contributed by atoms with E-state index in [1.165, 1.54) is 29.3 Å². The summed E-state index contributed by atoms with van der Waals surface area (Å²) in [5.74, 6) is 0. The van der Waals surface area contributed by atoms with E-state index < -0.39 is 20.0 Å². The lowest BCUT2D eigenvalue weighted by atomic mass is 10.00. The molecule has 0 spiro atoms. The van der Waals surface area contributed by atoms with Crippen LogP contribution in [0.1, 0.15) is 17.5 Å². The number of sulfonamides is 2. The highest BCUT2D eigenvalue weighted by atomic mass is 32.2. The Morgan fingerprint density at radius 1 is 0.963 bits per heavy atom. The van der Waals surface area contributed by atoms with Gasteiger partial charge in [0.2, 0.25) is 20.0 Å². The molecule has 0 amide bonds. The van der Waals surface area contributed by atoms with Crippen LogP contribution in [-0.2, 0) is 33.0 Å². The molecular weight excluding hydrogens is 386 g/mol. The van der Waals surface area contributed by atoms with E-state index in [4.69, 9.17) is 5.14 Å². The zero-order chi connectivity index (χ0) is 19.5. The highest BCUT2D eigenvalue weighted by Crippen LogP contribution is 2.18. The fourth-order valence-electron chi connectivity index (χ4n) is 3.16. The highest BCUT2D eigenvalue weighted by Gasteiger charge is 2.18. The number of nitrogens with one attached hydrogen (secondary N) is 1. The minimum absolute atomic E-state index is 0.110. The summed E-state index contributed by atoms with van der Waals surface area (Å²) in [7, 11) is -7.73. The number of rotatable bonds is 7. The first-order valence-electron chi connectivity index (χ1n) is 8.67. The average molecular weight is 410 g/mol. The highest BCUT2D eigenvalue weighted by molar-refractivity contribution is 7.90. The maximum absolute atomic E-state index is 12.4. The van der Waals surface area contributed by atoms with E-state index in [0.717, 1.165) is 32.1 Å². The third-order valence-corrected chi connectivity index (χ3v) is 6.97. The normalized spacial score (nSPS) is 15.4. The number of nitrogens with zero attached hydrogens (tertiary/aromatic N) is 1. The van der Waals surface area contributed by atoms with Gasteiger partial charge in [-0.15, -0.1) is 0 Å². The lowest BCUT2D eigenvalue weighted by Gasteiger charge is -2.28. The van der Waals surface area contributed by atoms with Gasteiger partial charge in [-0.25, -0.2) is 26.7 Å². The molecule has 0 aliphatic carbocycles. The third kappa shape index (κ3) is 5.14. The first-order valence-corrected chi connectivity index (χ1v) is 11.7. The fourth-order valence-corrected chi connectivity index (χ4v) is 4.91. The number of primary sulfonamides is 1. The maximum atomic E-state index is 12.4.